The summed E-state index contributed by atoms with van der Waals surface area (Å²) in [5, 5.41) is 10.6. The quantitative estimate of drug-likeness (QED) is 0.0222. The van der Waals surface area contributed by atoms with E-state index in [1.165, 1.54) is 161 Å². The lowest BCUT2D eigenvalue weighted by atomic mass is 9.99. The third-order valence-corrected chi connectivity index (χ3v) is 19.7. The van der Waals surface area contributed by atoms with E-state index in [9.17, 15) is 43.2 Å². The standard InChI is InChI=1S/C74H144O17P2/c1-9-66(7)52-44-36-27-23-19-15-11-12-16-20-24-28-40-48-56-74(79)91-70(61-85-72(77)55-47-39-33-31-37-45-53-67(8)10-2)63-89-93(82,83)87-59-68(75)58-86-92(80,81)88-62-69(60-84-71(76)54-46-38-32-30-35-43-51-65(5)6)90-73(78)57-49-41-29-25-21-17-13-14-18-22-26-34-42-50-64(3)4/h64-70,75H,9-63H2,1-8H3,(H,80,81)(H,82,83)/t66?,67?,68-,69+,70+/m0/s1. The van der Waals surface area contributed by atoms with Crippen LogP contribution in [0.15, 0.2) is 0 Å². The van der Waals surface area contributed by atoms with E-state index in [-0.39, 0.29) is 25.7 Å². The predicted molar refractivity (Wildman–Crippen MR) is 377 cm³/mol. The van der Waals surface area contributed by atoms with Crippen LogP contribution in [0.5, 0.6) is 0 Å². The SMILES string of the molecule is CCC(C)CCCCCCCCCCCCCCCCC(=O)O[C@H](COC(=O)CCCCCCCCC(C)CC)COP(=O)(O)OC[C@@H](O)COP(=O)(O)OC[C@@H](COC(=O)CCCCCCCCC(C)C)OC(=O)CCCCCCCCCCCCCCCC(C)C. The predicted octanol–water partition coefficient (Wildman–Crippen LogP) is 21.3. The Morgan fingerprint density at radius 1 is 0.301 bits per heavy atom. The molecule has 0 heterocycles. The molecule has 0 bridgehead atoms. The van der Waals surface area contributed by atoms with Crippen LogP contribution < -0.4 is 0 Å². The smallest absolute Gasteiger partial charge is 0.462 e. The van der Waals surface area contributed by atoms with E-state index in [2.05, 4.69) is 55.4 Å². The second-order valence-corrected chi connectivity index (χ2v) is 31.0. The number of ether oxygens (including phenoxy) is 4. The van der Waals surface area contributed by atoms with Gasteiger partial charge in [-0.2, -0.15) is 0 Å². The molecule has 4 unspecified atom stereocenters. The lowest BCUT2D eigenvalue weighted by Crippen LogP contribution is -2.30. The summed E-state index contributed by atoms with van der Waals surface area (Å²) in [5.41, 5.74) is 0. The van der Waals surface area contributed by atoms with Crippen molar-refractivity contribution < 1.29 is 80.2 Å². The maximum absolute atomic E-state index is 13.0. The molecule has 0 aromatic heterocycles. The molecule has 0 aromatic rings. The molecule has 552 valence electrons. The first-order chi connectivity index (χ1) is 44.7. The Morgan fingerprint density at radius 3 is 0.763 bits per heavy atom. The fourth-order valence-corrected chi connectivity index (χ4v) is 12.7. The number of carbonyl (C=O) groups excluding carboxylic acids is 4. The molecule has 0 saturated carbocycles. The molecule has 0 radical (unpaired) electrons. The van der Waals surface area contributed by atoms with Gasteiger partial charge in [0.25, 0.3) is 0 Å². The molecule has 0 fully saturated rings. The largest absolute Gasteiger partial charge is 0.472 e. The van der Waals surface area contributed by atoms with Crippen molar-refractivity contribution in [1.82, 2.24) is 0 Å². The third-order valence-electron chi connectivity index (χ3n) is 17.8. The van der Waals surface area contributed by atoms with Crippen molar-refractivity contribution in [3.8, 4) is 0 Å². The zero-order valence-corrected chi connectivity index (χ0v) is 62.7. The first kappa shape index (κ1) is 91.1. The highest BCUT2D eigenvalue weighted by atomic mass is 31.2. The molecule has 0 spiro atoms. The second-order valence-electron chi connectivity index (χ2n) is 28.1. The Bertz CT molecular complexity index is 1840. The average Bonchev–Trinajstić information content (AvgIpc) is 1.70. The summed E-state index contributed by atoms with van der Waals surface area (Å²) in [4.78, 5) is 72.7. The highest BCUT2D eigenvalue weighted by Gasteiger charge is 2.30. The minimum atomic E-state index is -4.96. The molecule has 0 saturated heterocycles. The lowest BCUT2D eigenvalue weighted by molar-refractivity contribution is -0.161. The van der Waals surface area contributed by atoms with Crippen molar-refractivity contribution in [2.75, 3.05) is 39.6 Å². The van der Waals surface area contributed by atoms with Crippen LogP contribution in [0.1, 0.15) is 370 Å². The lowest BCUT2D eigenvalue weighted by Gasteiger charge is -2.21. The van der Waals surface area contributed by atoms with Crippen LogP contribution in [-0.4, -0.2) is 96.7 Å². The van der Waals surface area contributed by atoms with Gasteiger partial charge in [-0.1, -0.05) is 319 Å². The zero-order valence-electron chi connectivity index (χ0n) is 60.9. The van der Waals surface area contributed by atoms with E-state index in [0.29, 0.717) is 31.6 Å². The number of hydrogen-bond acceptors (Lipinski definition) is 15. The number of carbonyl (C=O) groups is 4. The Kier molecular flexibility index (Phi) is 62.2. The Hall–Kier alpha value is -1.94. The van der Waals surface area contributed by atoms with Crippen LogP contribution in [0, 0.1) is 23.7 Å². The highest BCUT2D eigenvalue weighted by Crippen LogP contribution is 2.45. The van der Waals surface area contributed by atoms with Crippen molar-refractivity contribution in [2.24, 2.45) is 23.7 Å². The van der Waals surface area contributed by atoms with Crippen molar-refractivity contribution in [2.45, 2.75) is 388 Å². The third kappa shape index (κ3) is 65.8. The molecular weight excluding hydrogens is 1220 g/mol. The van der Waals surface area contributed by atoms with Crippen LogP contribution in [0.3, 0.4) is 0 Å². The van der Waals surface area contributed by atoms with Gasteiger partial charge in [-0.05, 0) is 49.4 Å². The minimum absolute atomic E-state index is 0.106. The molecule has 93 heavy (non-hydrogen) atoms. The van der Waals surface area contributed by atoms with Crippen molar-refractivity contribution in [3.05, 3.63) is 0 Å². The molecule has 0 aromatic carbocycles. The minimum Gasteiger partial charge on any atom is -0.462 e. The number of esters is 4. The molecule has 17 nitrogen and oxygen atoms in total. The van der Waals surface area contributed by atoms with Crippen LogP contribution in [0.2, 0.25) is 0 Å². The van der Waals surface area contributed by atoms with Gasteiger partial charge in [0.05, 0.1) is 26.4 Å². The maximum Gasteiger partial charge on any atom is 0.472 e. The number of rotatable bonds is 71. The van der Waals surface area contributed by atoms with Crippen molar-refractivity contribution in [3.63, 3.8) is 0 Å². The normalized spacial score (nSPS) is 14.8. The topological polar surface area (TPSA) is 237 Å². The number of phosphoric ester groups is 2. The zero-order chi connectivity index (χ0) is 68.9. The van der Waals surface area contributed by atoms with Gasteiger partial charge in [0.1, 0.15) is 19.3 Å². The monoisotopic (exact) mass is 1370 g/mol. The van der Waals surface area contributed by atoms with Gasteiger partial charge in [-0.15, -0.1) is 0 Å². The molecule has 0 amide bonds. The molecule has 7 atom stereocenters. The number of aliphatic hydroxyl groups is 1. The molecule has 0 rings (SSSR count). The maximum atomic E-state index is 13.0. The fourth-order valence-electron chi connectivity index (χ4n) is 11.1. The number of hydrogen-bond donors (Lipinski definition) is 3. The Morgan fingerprint density at radius 2 is 0.516 bits per heavy atom. The van der Waals surface area contributed by atoms with Gasteiger partial charge in [-0.25, -0.2) is 9.13 Å². The summed E-state index contributed by atoms with van der Waals surface area (Å²) >= 11 is 0. The summed E-state index contributed by atoms with van der Waals surface area (Å²) in [7, 11) is -9.91. The van der Waals surface area contributed by atoms with E-state index >= 15 is 0 Å². The fraction of sp³-hybridized carbons (Fsp3) is 0.946. The van der Waals surface area contributed by atoms with Gasteiger partial charge in [0.15, 0.2) is 12.2 Å². The molecule has 0 aliphatic carbocycles. The summed E-state index contributed by atoms with van der Waals surface area (Å²) in [6.07, 6.45) is 47.3. The van der Waals surface area contributed by atoms with Gasteiger partial charge in [0.2, 0.25) is 0 Å². The molecule has 19 heteroatoms. The van der Waals surface area contributed by atoms with Gasteiger partial charge in [0, 0.05) is 25.7 Å². The molecule has 0 aliphatic rings. The van der Waals surface area contributed by atoms with Crippen LogP contribution in [0.25, 0.3) is 0 Å². The summed E-state index contributed by atoms with van der Waals surface area (Å²) in [5.74, 6) is 0.916. The second kappa shape index (κ2) is 63.5. The first-order valence-corrected chi connectivity index (χ1v) is 41.3. The van der Waals surface area contributed by atoms with Crippen LogP contribution >= 0.6 is 15.6 Å². The van der Waals surface area contributed by atoms with Gasteiger partial charge in [-0.3, -0.25) is 37.3 Å². The number of unbranched alkanes of at least 4 members (excludes halogenated alkanes) is 35. The molecule has 0 aliphatic heterocycles. The van der Waals surface area contributed by atoms with Crippen molar-refractivity contribution >= 4 is 39.5 Å². The van der Waals surface area contributed by atoms with E-state index in [0.717, 1.165) is 120 Å². The van der Waals surface area contributed by atoms with Crippen molar-refractivity contribution in [1.29, 1.82) is 0 Å². The Balaban J connectivity index is 5.21. The summed E-state index contributed by atoms with van der Waals surface area (Å²) in [6.45, 7) is 14.1. The first-order valence-electron chi connectivity index (χ1n) is 38.3. The van der Waals surface area contributed by atoms with Crippen LogP contribution in [-0.2, 0) is 65.4 Å². The van der Waals surface area contributed by atoms with E-state index in [1.807, 2.05) is 0 Å². The van der Waals surface area contributed by atoms with Gasteiger partial charge >= 0.3 is 39.5 Å². The average molecular weight is 1370 g/mol. The van der Waals surface area contributed by atoms with E-state index < -0.39 is 97.5 Å². The molecule has 3 N–H and O–H groups in total. The number of aliphatic hydroxyl groups excluding tert-OH is 1. The summed E-state index contributed by atoms with van der Waals surface area (Å²) < 4.78 is 68.4. The van der Waals surface area contributed by atoms with E-state index in [1.54, 1.807) is 0 Å². The number of phosphoric acid groups is 2. The molecular formula is C74H144O17P2. The highest BCUT2D eigenvalue weighted by molar-refractivity contribution is 7.47. The van der Waals surface area contributed by atoms with Gasteiger partial charge < -0.3 is 33.8 Å². The van der Waals surface area contributed by atoms with Crippen LogP contribution in [0.4, 0.5) is 0 Å². The summed E-state index contributed by atoms with van der Waals surface area (Å²) in [6, 6.07) is 0. The van der Waals surface area contributed by atoms with E-state index in [4.69, 9.17) is 37.0 Å². The Labute approximate surface area is 568 Å².